The lowest BCUT2D eigenvalue weighted by atomic mass is 10.2. The van der Waals surface area contributed by atoms with Crippen LogP contribution in [0.3, 0.4) is 0 Å². The van der Waals surface area contributed by atoms with Gasteiger partial charge >= 0.3 is 0 Å². The van der Waals surface area contributed by atoms with E-state index in [1.807, 2.05) is 19.1 Å². The molecule has 0 saturated heterocycles. The molecular weight excluding hydrogens is 262 g/mol. The number of rotatable bonds is 4. The predicted octanol–water partition coefficient (Wildman–Crippen LogP) is 1.48. The molecule has 0 spiro atoms. The number of H-pyrrole nitrogens is 1. The first-order chi connectivity index (χ1) is 9.13. The summed E-state index contributed by atoms with van der Waals surface area (Å²) >= 11 is 5.17. The van der Waals surface area contributed by atoms with E-state index >= 15 is 0 Å². The molecule has 0 aliphatic carbocycles. The maximum absolute atomic E-state index is 12.0. The molecule has 0 bridgehead atoms. The van der Waals surface area contributed by atoms with Crippen molar-refractivity contribution >= 4 is 18.1 Å². The molecule has 0 saturated carbocycles. The molecule has 2 aromatic heterocycles. The van der Waals surface area contributed by atoms with Crippen LogP contribution in [0.2, 0.25) is 0 Å². The van der Waals surface area contributed by atoms with Gasteiger partial charge in [0.05, 0.1) is 0 Å². The lowest BCUT2D eigenvalue weighted by molar-refractivity contribution is -0.130. The lowest BCUT2D eigenvalue weighted by Gasteiger charge is -2.15. The molecule has 19 heavy (non-hydrogen) atoms. The number of carbonyl (C=O) groups is 1. The Balaban J connectivity index is 2.34. The van der Waals surface area contributed by atoms with Gasteiger partial charge < -0.3 is 4.90 Å². The molecule has 0 aromatic carbocycles. The zero-order valence-electron chi connectivity index (χ0n) is 10.8. The number of hydrogen-bond acceptors (Lipinski definition) is 4. The van der Waals surface area contributed by atoms with E-state index in [4.69, 9.17) is 12.2 Å². The van der Waals surface area contributed by atoms with Gasteiger partial charge in [-0.2, -0.15) is 5.10 Å². The lowest BCUT2D eigenvalue weighted by Crippen LogP contribution is -2.30. The molecule has 2 rings (SSSR count). The highest BCUT2D eigenvalue weighted by molar-refractivity contribution is 7.71. The van der Waals surface area contributed by atoms with Gasteiger partial charge in [0.2, 0.25) is 5.91 Å². The summed E-state index contributed by atoms with van der Waals surface area (Å²) in [4.78, 5) is 17.7. The summed E-state index contributed by atoms with van der Waals surface area (Å²) in [5.41, 5.74) is 0.821. The van der Waals surface area contributed by atoms with Crippen LogP contribution >= 0.6 is 12.2 Å². The summed E-state index contributed by atoms with van der Waals surface area (Å²) in [6.45, 7) is 2.75. The van der Waals surface area contributed by atoms with Crippen molar-refractivity contribution in [2.75, 3.05) is 13.6 Å². The first-order valence-corrected chi connectivity index (χ1v) is 6.34. The fourth-order valence-corrected chi connectivity index (χ4v) is 1.81. The van der Waals surface area contributed by atoms with E-state index in [2.05, 4.69) is 15.2 Å². The van der Waals surface area contributed by atoms with Gasteiger partial charge in [-0.1, -0.05) is 0 Å². The number of amides is 1. The summed E-state index contributed by atoms with van der Waals surface area (Å²) in [6, 6.07) is 3.69. The minimum atomic E-state index is -0.00913. The first kappa shape index (κ1) is 13.4. The first-order valence-electron chi connectivity index (χ1n) is 5.93. The van der Waals surface area contributed by atoms with Gasteiger partial charge in [-0.25, -0.2) is 0 Å². The average molecular weight is 277 g/mol. The van der Waals surface area contributed by atoms with Crippen LogP contribution < -0.4 is 0 Å². The average Bonchev–Trinajstić information content (AvgIpc) is 2.80. The predicted molar refractivity (Wildman–Crippen MR) is 74.0 cm³/mol. The van der Waals surface area contributed by atoms with Crippen molar-refractivity contribution in [2.24, 2.45) is 0 Å². The highest BCUT2D eigenvalue weighted by Gasteiger charge is 2.14. The Bertz CT molecular complexity index is 619. The van der Waals surface area contributed by atoms with Gasteiger partial charge in [-0.3, -0.25) is 19.4 Å². The van der Waals surface area contributed by atoms with E-state index in [1.54, 1.807) is 28.9 Å². The summed E-state index contributed by atoms with van der Waals surface area (Å²) in [5.74, 6) is 0.612. The quantitative estimate of drug-likeness (QED) is 0.860. The molecule has 0 unspecified atom stereocenters. The molecule has 0 fully saturated rings. The zero-order valence-corrected chi connectivity index (χ0v) is 11.6. The smallest absolute Gasteiger partial charge is 0.242 e. The third kappa shape index (κ3) is 2.87. The fourth-order valence-electron chi connectivity index (χ4n) is 1.61. The van der Waals surface area contributed by atoms with Crippen molar-refractivity contribution in [2.45, 2.75) is 13.5 Å². The monoisotopic (exact) mass is 277 g/mol. The second-order valence-corrected chi connectivity index (χ2v) is 4.47. The molecule has 0 atom stereocenters. The number of nitrogens with one attached hydrogen (secondary N) is 1. The van der Waals surface area contributed by atoms with Crippen LogP contribution in [0.4, 0.5) is 0 Å². The highest BCUT2D eigenvalue weighted by Crippen LogP contribution is 2.15. The maximum atomic E-state index is 12.0. The third-order valence-electron chi connectivity index (χ3n) is 2.87. The fraction of sp³-hybridized carbons (Fsp3) is 0.333. The molecule has 0 aliphatic heterocycles. The topological polar surface area (TPSA) is 66.8 Å². The van der Waals surface area contributed by atoms with Crippen LogP contribution in [-0.2, 0) is 11.3 Å². The Labute approximate surface area is 116 Å². The minimum Gasteiger partial charge on any atom is -0.344 e. The molecule has 6 nitrogen and oxygen atoms in total. The molecule has 0 aliphatic rings. The number of nitrogens with zero attached hydrogens (tertiary/aromatic N) is 4. The van der Waals surface area contributed by atoms with Crippen LogP contribution in [0.1, 0.15) is 6.92 Å². The maximum Gasteiger partial charge on any atom is 0.242 e. The molecule has 7 heteroatoms. The van der Waals surface area contributed by atoms with Crippen molar-refractivity contribution in [1.29, 1.82) is 0 Å². The minimum absolute atomic E-state index is 0.00913. The number of carbonyl (C=O) groups excluding carboxylic acids is 1. The van der Waals surface area contributed by atoms with Crippen LogP contribution in [-0.4, -0.2) is 44.1 Å². The van der Waals surface area contributed by atoms with Gasteiger partial charge in [0, 0.05) is 31.5 Å². The van der Waals surface area contributed by atoms with Gasteiger partial charge in [0.15, 0.2) is 10.6 Å². The second kappa shape index (κ2) is 5.75. The Kier molecular flexibility index (Phi) is 4.06. The van der Waals surface area contributed by atoms with Crippen molar-refractivity contribution in [3.63, 3.8) is 0 Å². The summed E-state index contributed by atoms with van der Waals surface area (Å²) in [6.07, 6.45) is 3.38. The van der Waals surface area contributed by atoms with E-state index in [9.17, 15) is 4.79 Å². The largest absolute Gasteiger partial charge is 0.344 e. The van der Waals surface area contributed by atoms with Crippen LogP contribution in [0.15, 0.2) is 24.5 Å². The highest BCUT2D eigenvalue weighted by atomic mass is 32.1. The number of likely N-dealkylation sites (N-methyl/N-ethyl adjacent to an activating group) is 1. The molecule has 100 valence electrons. The normalized spacial score (nSPS) is 10.4. The van der Waals surface area contributed by atoms with Gasteiger partial charge in [0.1, 0.15) is 6.54 Å². The van der Waals surface area contributed by atoms with Crippen molar-refractivity contribution in [3.05, 3.63) is 29.3 Å². The number of aromatic nitrogens is 4. The van der Waals surface area contributed by atoms with Crippen LogP contribution in [0, 0.1) is 4.77 Å². The molecule has 2 heterocycles. The van der Waals surface area contributed by atoms with Gasteiger partial charge in [-0.05, 0) is 31.3 Å². The summed E-state index contributed by atoms with van der Waals surface area (Å²) < 4.78 is 2.11. The Morgan fingerprint density at radius 2 is 2.37 bits per heavy atom. The number of aromatic amines is 1. The SMILES string of the molecule is CCN(C)C(=O)Cn1c(-c2cccnc2)n[nH]c1=S. The van der Waals surface area contributed by atoms with Crippen molar-refractivity contribution in [1.82, 2.24) is 24.6 Å². The van der Waals surface area contributed by atoms with Gasteiger partial charge in [0.25, 0.3) is 0 Å². The van der Waals surface area contributed by atoms with E-state index in [-0.39, 0.29) is 12.5 Å². The van der Waals surface area contributed by atoms with E-state index in [0.717, 1.165) is 5.56 Å². The van der Waals surface area contributed by atoms with Crippen molar-refractivity contribution < 1.29 is 4.79 Å². The Morgan fingerprint density at radius 1 is 1.58 bits per heavy atom. The summed E-state index contributed by atoms with van der Waals surface area (Å²) in [5, 5.41) is 6.87. The third-order valence-corrected chi connectivity index (χ3v) is 3.18. The molecule has 2 aromatic rings. The molecule has 1 N–H and O–H groups in total. The standard InChI is InChI=1S/C12H15N5OS/c1-3-16(2)10(18)8-17-11(14-15-12(17)19)9-5-4-6-13-7-9/h4-7H,3,8H2,1-2H3,(H,15,19). The van der Waals surface area contributed by atoms with E-state index in [1.165, 1.54) is 0 Å². The van der Waals surface area contributed by atoms with Gasteiger partial charge in [-0.15, -0.1) is 0 Å². The van der Waals surface area contributed by atoms with Crippen LogP contribution in [0.5, 0.6) is 0 Å². The molecule has 0 radical (unpaired) electrons. The van der Waals surface area contributed by atoms with Crippen molar-refractivity contribution in [3.8, 4) is 11.4 Å². The Morgan fingerprint density at radius 3 is 3.00 bits per heavy atom. The van der Waals surface area contributed by atoms with Crippen LogP contribution in [0.25, 0.3) is 11.4 Å². The molecular formula is C12H15N5OS. The number of pyridine rings is 1. The zero-order chi connectivity index (χ0) is 13.8. The number of hydrogen-bond donors (Lipinski definition) is 1. The van der Waals surface area contributed by atoms with E-state index in [0.29, 0.717) is 17.1 Å². The Hall–Kier alpha value is -2.02. The molecule has 1 amide bonds. The summed E-state index contributed by atoms with van der Waals surface area (Å²) in [7, 11) is 1.76. The second-order valence-electron chi connectivity index (χ2n) is 4.09. The van der Waals surface area contributed by atoms with E-state index < -0.39 is 0 Å².